The Balaban J connectivity index is 2.12. The molecule has 0 unspecified atom stereocenters. The SMILES string of the molecule is CC1=CCCC(N(c2ccccc2)c2ccccc2C)=C1. The molecule has 21 heavy (non-hydrogen) atoms. The molecule has 0 fully saturated rings. The average molecular weight is 275 g/mol. The molecule has 0 saturated heterocycles. The van der Waals surface area contributed by atoms with Crippen molar-refractivity contribution in [3.05, 3.63) is 83.6 Å². The molecule has 0 N–H and O–H groups in total. The molecule has 0 aliphatic heterocycles. The first-order chi connectivity index (χ1) is 10.3. The quantitative estimate of drug-likeness (QED) is 0.688. The van der Waals surface area contributed by atoms with Gasteiger partial charge in [0.15, 0.2) is 0 Å². The van der Waals surface area contributed by atoms with Crippen LogP contribution in [0.15, 0.2) is 78.0 Å². The predicted octanol–water partition coefficient (Wildman–Crippen LogP) is 5.76. The van der Waals surface area contributed by atoms with Gasteiger partial charge in [-0.3, -0.25) is 0 Å². The number of rotatable bonds is 3. The average Bonchev–Trinajstić information content (AvgIpc) is 2.51. The normalized spacial score (nSPS) is 14.4. The molecule has 0 atom stereocenters. The van der Waals surface area contributed by atoms with E-state index in [0.29, 0.717) is 0 Å². The molecule has 0 spiro atoms. The van der Waals surface area contributed by atoms with Crippen LogP contribution in [-0.4, -0.2) is 0 Å². The Morgan fingerprint density at radius 3 is 2.29 bits per heavy atom. The van der Waals surface area contributed by atoms with Crippen LogP contribution in [0.4, 0.5) is 11.4 Å². The number of hydrogen-bond donors (Lipinski definition) is 0. The maximum absolute atomic E-state index is 2.39. The minimum Gasteiger partial charge on any atom is -0.314 e. The van der Waals surface area contributed by atoms with Crippen molar-refractivity contribution in [1.29, 1.82) is 0 Å². The number of nitrogens with zero attached hydrogens (tertiary/aromatic N) is 1. The maximum atomic E-state index is 2.39. The molecule has 106 valence electrons. The summed E-state index contributed by atoms with van der Waals surface area (Å²) in [7, 11) is 0. The summed E-state index contributed by atoms with van der Waals surface area (Å²) in [4.78, 5) is 2.39. The summed E-state index contributed by atoms with van der Waals surface area (Å²) in [5.41, 5.74) is 6.52. The summed E-state index contributed by atoms with van der Waals surface area (Å²) in [6, 6.07) is 19.2. The fourth-order valence-electron chi connectivity index (χ4n) is 2.87. The van der Waals surface area contributed by atoms with Crippen molar-refractivity contribution in [2.24, 2.45) is 0 Å². The van der Waals surface area contributed by atoms with Gasteiger partial charge in [-0.2, -0.15) is 0 Å². The highest BCUT2D eigenvalue weighted by Gasteiger charge is 2.17. The van der Waals surface area contributed by atoms with Gasteiger partial charge in [0, 0.05) is 17.1 Å². The lowest BCUT2D eigenvalue weighted by Crippen LogP contribution is -2.18. The van der Waals surface area contributed by atoms with Crippen LogP contribution in [0.3, 0.4) is 0 Å². The third-order valence-electron chi connectivity index (χ3n) is 3.92. The number of allylic oxidation sites excluding steroid dienone is 4. The summed E-state index contributed by atoms with van der Waals surface area (Å²) >= 11 is 0. The molecule has 2 aromatic rings. The fraction of sp³-hybridized carbons (Fsp3) is 0.200. The van der Waals surface area contributed by atoms with Gasteiger partial charge in [-0.15, -0.1) is 0 Å². The standard InChI is InChI=1S/C20H21N/c1-16-9-8-13-19(15-16)21(18-11-4-3-5-12-18)20-14-7-6-10-17(20)2/h3-7,9-12,14-15H,8,13H2,1-2H3. The minimum atomic E-state index is 1.08. The molecular formula is C20H21N. The number of benzene rings is 2. The van der Waals surface area contributed by atoms with Gasteiger partial charge >= 0.3 is 0 Å². The van der Waals surface area contributed by atoms with E-state index in [-0.39, 0.29) is 0 Å². The molecule has 1 aliphatic rings. The van der Waals surface area contributed by atoms with Crippen LogP contribution in [0.1, 0.15) is 25.3 Å². The van der Waals surface area contributed by atoms with Crippen molar-refractivity contribution in [2.45, 2.75) is 26.7 Å². The van der Waals surface area contributed by atoms with E-state index in [2.05, 4.69) is 85.5 Å². The second-order valence-corrected chi connectivity index (χ2v) is 5.58. The Morgan fingerprint density at radius 2 is 1.57 bits per heavy atom. The molecule has 0 amide bonds. The number of anilines is 2. The third kappa shape index (κ3) is 2.92. The summed E-state index contributed by atoms with van der Waals surface area (Å²) in [5, 5.41) is 0. The van der Waals surface area contributed by atoms with E-state index in [9.17, 15) is 0 Å². The molecule has 1 heteroatoms. The Kier molecular flexibility index (Phi) is 3.92. The largest absolute Gasteiger partial charge is 0.314 e. The second-order valence-electron chi connectivity index (χ2n) is 5.58. The monoisotopic (exact) mass is 275 g/mol. The highest BCUT2D eigenvalue weighted by Crippen LogP contribution is 2.35. The summed E-state index contributed by atoms with van der Waals surface area (Å²) in [6.45, 7) is 4.36. The smallest absolute Gasteiger partial charge is 0.0487 e. The molecule has 0 radical (unpaired) electrons. The Labute approximate surface area is 127 Å². The van der Waals surface area contributed by atoms with E-state index in [4.69, 9.17) is 0 Å². The Hall–Kier alpha value is -2.28. The second kappa shape index (κ2) is 6.01. The van der Waals surface area contributed by atoms with Crippen LogP contribution < -0.4 is 4.90 Å². The molecule has 0 bridgehead atoms. The van der Waals surface area contributed by atoms with E-state index in [1.807, 2.05) is 0 Å². The van der Waals surface area contributed by atoms with Gasteiger partial charge in [-0.25, -0.2) is 0 Å². The third-order valence-corrected chi connectivity index (χ3v) is 3.92. The Morgan fingerprint density at radius 1 is 0.857 bits per heavy atom. The van der Waals surface area contributed by atoms with Crippen LogP contribution >= 0.6 is 0 Å². The van der Waals surface area contributed by atoms with Crippen molar-refractivity contribution in [2.75, 3.05) is 4.90 Å². The van der Waals surface area contributed by atoms with Crippen LogP contribution in [0.2, 0.25) is 0 Å². The lowest BCUT2D eigenvalue weighted by molar-refractivity contribution is 0.903. The molecule has 2 aromatic carbocycles. The summed E-state index contributed by atoms with van der Waals surface area (Å²) in [6.07, 6.45) is 6.82. The van der Waals surface area contributed by atoms with Crippen molar-refractivity contribution in [3.63, 3.8) is 0 Å². The van der Waals surface area contributed by atoms with Gasteiger partial charge in [-0.1, -0.05) is 48.0 Å². The van der Waals surface area contributed by atoms with Crippen LogP contribution in [0.25, 0.3) is 0 Å². The lowest BCUT2D eigenvalue weighted by atomic mass is 10.0. The van der Waals surface area contributed by atoms with Crippen LogP contribution in [-0.2, 0) is 0 Å². The van der Waals surface area contributed by atoms with Crippen molar-refractivity contribution < 1.29 is 0 Å². The van der Waals surface area contributed by atoms with Crippen LogP contribution in [0.5, 0.6) is 0 Å². The van der Waals surface area contributed by atoms with Crippen molar-refractivity contribution in [1.82, 2.24) is 0 Å². The fourth-order valence-corrected chi connectivity index (χ4v) is 2.87. The summed E-state index contributed by atoms with van der Waals surface area (Å²) < 4.78 is 0. The number of aryl methyl sites for hydroxylation is 1. The molecule has 1 nitrogen and oxygen atoms in total. The maximum Gasteiger partial charge on any atom is 0.0487 e. The van der Waals surface area contributed by atoms with Crippen molar-refractivity contribution in [3.8, 4) is 0 Å². The molecule has 0 aromatic heterocycles. The molecule has 1 aliphatic carbocycles. The predicted molar refractivity (Wildman–Crippen MR) is 90.8 cm³/mol. The lowest BCUT2D eigenvalue weighted by Gasteiger charge is -2.30. The first-order valence-corrected chi connectivity index (χ1v) is 7.54. The number of para-hydroxylation sites is 2. The van der Waals surface area contributed by atoms with E-state index in [1.165, 1.54) is 28.2 Å². The number of hydrogen-bond acceptors (Lipinski definition) is 1. The van der Waals surface area contributed by atoms with Gasteiger partial charge in [-0.05, 0) is 56.5 Å². The Bertz CT molecular complexity index is 680. The zero-order chi connectivity index (χ0) is 14.7. The highest BCUT2D eigenvalue weighted by molar-refractivity contribution is 5.71. The van der Waals surface area contributed by atoms with E-state index in [1.54, 1.807) is 0 Å². The van der Waals surface area contributed by atoms with Gasteiger partial charge in [0.25, 0.3) is 0 Å². The first kappa shape index (κ1) is 13.7. The first-order valence-electron chi connectivity index (χ1n) is 7.54. The minimum absolute atomic E-state index is 1.08. The zero-order valence-corrected chi connectivity index (χ0v) is 12.7. The van der Waals surface area contributed by atoms with Crippen molar-refractivity contribution >= 4 is 11.4 Å². The molecule has 3 rings (SSSR count). The molecule has 0 saturated carbocycles. The van der Waals surface area contributed by atoms with Gasteiger partial charge in [0.2, 0.25) is 0 Å². The van der Waals surface area contributed by atoms with Gasteiger partial charge in [0.05, 0.1) is 0 Å². The van der Waals surface area contributed by atoms with E-state index in [0.717, 1.165) is 12.8 Å². The van der Waals surface area contributed by atoms with Crippen LogP contribution in [0, 0.1) is 6.92 Å². The van der Waals surface area contributed by atoms with Gasteiger partial charge < -0.3 is 4.90 Å². The van der Waals surface area contributed by atoms with E-state index < -0.39 is 0 Å². The summed E-state index contributed by atoms with van der Waals surface area (Å²) in [5.74, 6) is 0. The highest BCUT2D eigenvalue weighted by atomic mass is 15.1. The zero-order valence-electron chi connectivity index (χ0n) is 12.7. The topological polar surface area (TPSA) is 3.24 Å². The van der Waals surface area contributed by atoms with E-state index >= 15 is 0 Å². The molecule has 0 heterocycles. The van der Waals surface area contributed by atoms with Gasteiger partial charge in [0.1, 0.15) is 0 Å². The molecular weight excluding hydrogens is 254 g/mol.